The summed E-state index contributed by atoms with van der Waals surface area (Å²) >= 11 is 1.52. The molecule has 0 radical (unpaired) electrons. The van der Waals surface area contributed by atoms with Crippen LogP contribution in [0, 0.1) is 6.92 Å². The lowest BCUT2D eigenvalue weighted by Gasteiger charge is -2.08. The van der Waals surface area contributed by atoms with E-state index >= 15 is 0 Å². The van der Waals surface area contributed by atoms with Gasteiger partial charge in [-0.3, -0.25) is 9.48 Å². The highest BCUT2D eigenvalue weighted by Gasteiger charge is 2.11. The van der Waals surface area contributed by atoms with E-state index in [1.807, 2.05) is 31.5 Å². The molecule has 0 aliphatic carbocycles. The van der Waals surface area contributed by atoms with Crippen LogP contribution in [-0.2, 0) is 13.7 Å². The number of hydrogen-bond acceptors (Lipinski definition) is 6. The van der Waals surface area contributed by atoms with Crippen molar-refractivity contribution in [3.63, 3.8) is 0 Å². The lowest BCUT2D eigenvalue weighted by Crippen LogP contribution is -2.12. The number of rotatable bonds is 5. The number of amides is 1. The van der Waals surface area contributed by atoms with Crippen LogP contribution in [0.1, 0.15) is 21.7 Å². The first-order valence-corrected chi connectivity index (χ1v) is 9.25. The highest BCUT2D eigenvalue weighted by molar-refractivity contribution is 7.07. The zero-order valence-electron chi connectivity index (χ0n) is 14.8. The van der Waals surface area contributed by atoms with Crippen LogP contribution in [0.25, 0.3) is 11.0 Å². The third kappa shape index (κ3) is 3.65. The van der Waals surface area contributed by atoms with Gasteiger partial charge in [-0.2, -0.15) is 5.10 Å². The van der Waals surface area contributed by atoms with Gasteiger partial charge in [-0.1, -0.05) is 6.07 Å². The molecule has 1 amide bonds. The molecule has 3 heterocycles. The van der Waals surface area contributed by atoms with Crippen molar-refractivity contribution in [1.82, 2.24) is 19.7 Å². The zero-order chi connectivity index (χ0) is 18.8. The summed E-state index contributed by atoms with van der Waals surface area (Å²) in [5.41, 5.74) is 5.40. The van der Waals surface area contributed by atoms with E-state index in [0.29, 0.717) is 23.6 Å². The summed E-state index contributed by atoms with van der Waals surface area (Å²) in [6.45, 7) is 2.29. The molecule has 0 bridgehead atoms. The largest absolute Gasteiger partial charge is 0.487 e. The number of aromatic nitrogens is 4. The van der Waals surface area contributed by atoms with Crippen molar-refractivity contribution in [2.45, 2.75) is 13.5 Å². The van der Waals surface area contributed by atoms with Crippen LogP contribution in [0.5, 0.6) is 5.75 Å². The van der Waals surface area contributed by atoms with E-state index in [1.165, 1.54) is 11.3 Å². The van der Waals surface area contributed by atoms with Crippen LogP contribution in [-0.4, -0.2) is 25.7 Å². The standard InChI is InChI=1S/C19H17N5O2S/c1-12-17-7-14(8-20-18(17)24(2)23-12)22-19(25)13-4-3-5-16(6-13)26-9-15-10-27-11-21-15/h3-8,10-11H,9H2,1-2H3,(H,22,25). The van der Waals surface area contributed by atoms with Gasteiger partial charge in [0, 0.05) is 23.4 Å². The molecule has 8 heteroatoms. The van der Waals surface area contributed by atoms with Crippen LogP contribution in [0.3, 0.4) is 0 Å². The third-order valence-electron chi connectivity index (χ3n) is 4.09. The van der Waals surface area contributed by atoms with E-state index in [9.17, 15) is 4.79 Å². The summed E-state index contributed by atoms with van der Waals surface area (Å²) in [5, 5.41) is 10.1. The van der Waals surface area contributed by atoms with Crippen molar-refractivity contribution in [1.29, 1.82) is 0 Å². The molecule has 4 aromatic rings. The van der Waals surface area contributed by atoms with E-state index in [-0.39, 0.29) is 5.91 Å². The predicted molar refractivity (Wildman–Crippen MR) is 104 cm³/mol. The highest BCUT2D eigenvalue weighted by Crippen LogP contribution is 2.21. The van der Waals surface area contributed by atoms with Crippen LogP contribution < -0.4 is 10.1 Å². The maximum atomic E-state index is 12.6. The van der Waals surface area contributed by atoms with E-state index in [2.05, 4.69) is 20.4 Å². The molecule has 0 saturated heterocycles. The maximum Gasteiger partial charge on any atom is 0.255 e. The fraction of sp³-hybridized carbons (Fsp3) is 0.158. The second-order valence-electron chi connectivity index (χ2n) is 6.05. The molecule has 136 valence electrons. The molecule has 4 rings (SSSR count). The molecule has 1 aromatic carbocycles. The lowest BCUT2D eigenvalue weighted by atomic mass is 10.2. The number of pyridine rings is 1. The number of fused-ring (bicyclic) bond motifs is 1. The number of hydrogen-bond donors (Lipinski definition) is 1. The molecule has 0 atom stereocenters. The van der Waals surface area contributed by atoms with Crippen molar-refractivity contribution in [2.24, 2.45) is 7.05 Å². The average molecular weight is 379 g/mol. The molecule has 27 heavy (non-hydrogen) atoms. The maximum absolute atomic E-state index is 12.6. The number of thiazole rings is 1. The number of benzene rings is 1. The Bertz CT molecular complexity index is 1100. The summed E-state index contributed by atoms with van der Waals surface area (Å²) < 4.78 is 7.43. The van der Waals surface area contributed by atoms with Gasteiger partial charge < -0.3 is 10.1 Å². The third-order valence-corrected chi connectivity index (χ3v) is 4.72. The van der Waals surface area contributed by atoms with Crippen LogP contribution in [0.15, 0.2) is 47.4 Å². The second-order valence-corrected chi connectivity index (χ2v) is 6.77. The van der Waals surface area contributed by atoms with Gasteiger partial charge in [0.2, 0.25) is 0 Å². The quantitative estimate of drug-likeness (QED) is 0.573. The van der Waals surface area contributed by atoms with Gasteiger partial charge >= 0.3 is 0 Å². The molecular weight excluding hydrogens is 362 g/mol. The van der Waals surface area contributed by atoms with Crippen molar-refractivity contribution in [2.75, 3.05) is 5.32 Å². The van der Waals surface area contributed by atoms with Crippen molar-refractivity contribution in [3.05, 3.63) is 64.4 Å². The molecular formula is C19H17N5O2S. The van der Waals surface area contributed by atoms with Gasteiger partial charge in [0.25, 0.3) is 5.91 Å². The minimum absolute atomic E-state index is 0.225. The van der Waals surface area contributed by atoms with Crippen molar-refractivity contribution < 1.29 is 9.53 Å². The van der Waals surface area contributed by atoms with E-state index in [4.69, 9.17) is 4.74 Å². The van der Waals surface area contributed by atoms with Gasteiger partial charge in [-0.25, -0.2) is 9.97 Å². The van der Waals surface area contributed by atoms with Gasteiger partial charge in [-0.15, -0.1) is 11.3 Å². The van der Waals surface area contributed by atoms with Crippen LogP contribution >= 0.6 is 11.3 Å². The van der Waals surface area contributed by atoms with Crippen LogP contribution in [0.2, 0.25) is 0 Å². The highest BCUT2D eigenvalue weighted by atomic mass is 32.1. The van der Waals surface area contributed by atoms with Crippen LogP contribution in [0.4, 0.5) is 5.69 Å². The topological polar surface area (TPSA) is 81.9 Å². The van der Waals surface area contributed by atoms with E-state index in [1.54, 1.807) is 34.6 Å². The molecule has 0 spiro atoms. The Balaban J connectivity index is 1.49. The Hall–Kier alpha value is -3.26. The molecule has 7 nitrogen and oxygen atoms in total. The second kappa shape index (κ2) is 7.16. The van der Waals surface area contributed by atoms with E-state index < -0.39 is 0 Å². The van der Waals surface area contributed by atoms with Crippen molar-refractivity contribution >= 4 is 34.0 Å². The summed E-state index contributed by atoms with van der Waals surface area (Å²) in [6, 6.07) is 8.94. The molecule has 0 unspecified atom stereocenters. The first-order chi connectivity index (χ1) is 13.1. The summed E-state index contributed by atoms with van der Waals surface area (Å²) in [5.74, 6) is 0.393. The van der Waals surface area contributed by atoms with Gasteiger partial charge in [-0.05, 0) is 31.2 Å². The van der Waals surface area contributed by atoms with Gasteiger partial charge in [0.15, 0.2) is 5.65 Å². The van der Waals surface area contributed by atoms with Gasteiger partial charge in [0.05, 0.1) is 28.8 Å². The number of aryl methyl sites for hydroxylation is 2. The molecule has 1 N–H and O–H groups in total. The zero-order valence-corrected chi connectivity index (χ0v) is 15.7. The van der Waals surface area contributed by atoms with E-state index in [0.717, 1.165) is 22.4 Å². The summed E-state index contributed by atoms with van der Waals surface area (Å²) in [6.07, 6.45) is 1.63. The monoisotopic (exact) mass is 379 g/mol. The molecule has 0 aliphatic rings. The number of anilines is 1. The number of carbonyl (C=O) groups is 1. The Kier molecular flexibility index (Phi) is 4.55. The molecule has 0 saturated carbocycles. The number of nitrogens with one attached hydrogen (secondary N) is 1. The molecule has 0 fully saturated rings. The smallest absolute Gasteiger partial charge is 0.255 e. The fourth-order valence-electron chi connectivity index (χ4n) is 2.77. The fourth-order valence-corrected chi connectivity index (χ4v) is 3.32. The SMILES string of the molecule is Cc1nn(C)c2ncc(NC(=O)c3cccc(OCc4cscn4)c3)cc12. The minimum atomic E-state index is -0.225. The predicted octanol–water partition coefficient (Wildman–Crippen LogP) is 3.56. The summed E-state index contributed by atoms with van der Waals surface area (Å²) in [4.78, 5) is 21.2. The average Bonchev–Trinajstić information content (AvgIpc) is 3.29. The van der Waals surface area contributed by atoms with Gasteiger partial charge in [0.1, 0.15) is 12.4 Å². The number of nitrogens with zero attached hydrogens (tertiary/aromatic N) is 4. The first-order valence-electron chi connectivity index (χ1n) is 8.31. The molecule has 3 aromatic heterocycles. The number of carbonyl (C=O) groups excluding carboxylic acids is 1. The lowest BCUT2D eigenvalue weighted by molar-refractivity contribution is 0.102. The first kappa shape index (κ1) is 17.2. The Labute approximate surface area is 159 Å². The normalized spacial score (nSPS) is 10.9. The summed E-state index contributed by atoms with van der Waals surface area (Å²) in [7, 11) is 1.84. The Morgan fingerprint density at radius 3 is 3.00 bits per heavy atom. The molecule has 0 aliphatic heterocycles. The Morgan fingerprint density at radius 2 is 2.19 bits per heavy atom. The number of ether oxygens (including phenoxy) is 1. The minimum Gasteiger partial charge on any atom is -0.487 e. The van der Waals surface area contributed by atoms with Crippen molar-refractivity contribution in [3.8, 4) is 5.75 Å². The Morgan fingerprint density at radius 1 is 1.30 bits per heavy atom.